The molecule has 2 N–H and O–H groups in total. The number of hydrogen-bond acceptors (Lipinski definition) is 3. The maximum atomic E-state index is 9.25. The van der Waals surface area contributed by atoms with Gasteiger partial charge >= 0.3 is 0 Å². The second kappa shape index (κ2) is 4.44. The molecule has 1 atom stereocenters. The molecule has 0 aliphatic carbocycles. The highest BCUT2D eigenvalue weighted by molar-refractivity contribution is 5.28. The molecule has 3 heteroatoms. The summed E-state index contributed by atoms with van der Waals surface area (Å²) in [6.07, 6.45) is 0.578. The summed E-state index contributed by atoms with van der Waals surface area (Å²) >= 11 is 0. The molecule has 0 amide bonds. The summed E-state index contributed by atoms with van der Waals surface area (Å²) in [4.78, 5) is 0. The normalized spacial score (nSPS) is 15.1. The Balaban J connectivity index is 2.77. The fraction of sp³-hybridized carbons (Fsp3) is 0.455. The predicted molar refractivity (Wildman–Crippen MR) is 54.3 cm³/mol. The van der Waals surface area contributed by atoms with E-state index in [1.165, 1.54) is 0 Å². The van der Waals surface area contributed by atoms with Crippen LogP contribution < -0.4 is 0 Å². The highest BCUT2D eigenvalue weighted by Gasteiger charge is 2.22. The van der Waals surface area contributed by atoms with Crippen molar-refractivity contribution in [3.63, 3.8) is 0 Å². The van der Waals surface area contributed by atoms with Crippen LogP contribution in [0.25, 0.3) is 0 Å². The number of ether oxygens (including phenoxy) is 1. The Morgan fingerprint density at radius 2 is 2.14 bits per heavy atom. The van der Waals surface area contributed by atoms with Crippen molar-refractivity contribution in [1.82, 2.24) is 0 Å². The fourth-order valence-electron chi connectivity index (χ4n) is 1.29. The zero-order valence-corrected chi connectivity index (χ0v) is 8.53. The van der Waals surface area contributed by atoms with Crippen molar-refractivity contribution in [2.45, 2.75) is 18.9 Å². The molecule has 0 aliphatic rings. The van der Waals surface area contributed by atoms with E-state index in [9.17, 15) is 5.11 Å². The molecule has 0 fully saturated rings. The van der Waals surface area contributed by atoms with Gasteiger partial charge in [-0.25, -0.2) is 0 Å². The molecule has 78 valence electrons. The van der Waals surface area contributed by atoms with Crippen LogP contribution in [-0.2, 0) is 11.2 Å². The van der Waals surface area contributed by atoms with Gasteiger partial charge < -0.3 is 14.9 Å². The smallest absolute Gasteiger partial charge is 0.115 e. The molecule has 0 aliphatic heterocycles. The second-order valence-corrected chi connectivity index (χ2v) is 3.66. The lowest BCUT2D eigenvalue weighted by atomic mass is 9.97. The van der Waals surface area contributed by atoms with E-state index < -0.39 is 5.60 Å². The van der Waals surface area contributed by atoms with Gasteiger partial charge in [-0.1, -0.05) is 12.1 Å². The Labute approximate surface area is 84.0 Å². The molecule has 0 saturated carbocycles. The number of rotatable bonds is 4. The summed E-state index contributed by atoms with van der Waals surface area (Å²) in [6.45, 7) is 1.79. The third-order valence-corrected chi connectivity index (χ3v) is 2.32. The average molecular weight is 196 g/mol. The van der Waals surface area contributed by atoms with Gasteiger partial charge in [0, 0.05) is 13.5 Å². The molecule has 0 radical (unpaired) electrons. The lowest BCUT2D eigenvalue weighted by Crippen LogP contribution is -2.34. The number of benzene rings is 1. The zero-order valence-electron chi connectivity index (χ0n) is 8.53. The Hall–Kier alpha value is -1.06. The number of methoxy groups -OCH3 is 1. The van der Waals surface area contributed by atoms with E-state index in [0.717, 1.165) is 5.56 Å². The minimum Gasteiger partial charge on any atom is -0.508 e. The Morgan fingerprint density at radius 1 is 1.43 bits per heavy atom. The molecule has 1 rings (SSSR count). The van der Waals surface area contributed by atoms with E-state index in [1.54, 1.807) is 25.3 Å². The Morgan fingerprint density at radius 3 is 2.64 bits per heavy atom. The fourth-order valence-corrected chi connectivity index (χ4v) is 1.29. The van der Waals surface area contributed by atoms with Crippen molar-refractivity contribution in [2.24, 2.45) is 0 Å². The van der Waals surface area contributed by atoms with Gasteiger partial charge in [0.2, 0.25) is 0 Å². The standard InChI is InChI=1S/C11H16O3/c1-11(8-12,14-2)7-9-4-3-5-10(13)6-9/h3-6,12-13H,7-8H2,1-2H3. The molecular weight excluding hydrogens is 180 g/mol. The number of aliphatic hydroxyl groups excluding tert-OH is 1. The SMILES string of the molecule is COC(C)(CO)Cc1cccc(O)c1. The largest absolute Gasteiger partial charge is 0.508 e. The van der Waals surface area contributed by atoms with Crippen LogP contribution in [0, 0.1) is 0 Å². The lowest BCUT2D eigenvalue weighted by molar-refractivity contribution is -0.0368. The van der Waals surface area contributed by atoms with Crippen LogP contribution in [0.5, 0.6) is 5.75 Å². The summed E-state index contributed by atoms with van der Waals surface area (Å²) in [5.74, 6) is 0.235. The van der Waals surface area contributed by atoms with Gasteiger partial charge in [0.05, 0.1) is 12.2 Å². The Kier molecular flexibility index (Phi) is 3.49. The first-order valence-corrected chi connectivity index (χ1v) is 4.53. The highest BCUT2D eigenvalue weighted by atomic mass is 16.5. The topological polar surface area (TPSA) is 49.7 Å². The summed E-state index contributed by atoms with van der Waals surface area (Å²) in [5, 5.41) is 18.4. The molecule has 14 heavy (non-hydrogen) atoms. The van der Waals surface area contributed by atoms with Gasteiger partial charge in [-0.15, -0.1) is 0 Å². The Bertz CT molecular complexity index is 292. The van der Waals surface area contributed by atoms with Crippen molar-refractivity contribution < 1.29 is 14.9 Å². The summed E-state index contributed by atoms with van der Waals surface area (Å²) in [6, 6.07) is 6.96. The minimum absolute atomic E-state index is 0.0425. The van der Waals surface area contributed by atoms with E-state index >= 15 is 0 Å². The van der Waals surface area contributed by atoms with Gasteiger partial charge in [-0.05, 0) is 24.6 Å². The van der Waals surface area contributed by atoms with Crippen LogP contribution in [0.3, 0.4) is 0 Å². The first-order chi connectivity index (χ1) is 6.59. The number of aliphatic hydroxyl groups is 1. The minimum atomic E-state index is -0.576. The molecule has 0 saturated heterocycles. The van der Waals surface area contributed by atoms with Gasteiger partial charge in [0.25, 0.3) is 0 Å². The molecule has 0 bridgehead atoms. The first-order valence-electron chi connectivity index (χ1n) is 4.53. The van der Waals surface area contributed by atoms with Crippen LogP contribution in [-0.4, -0.2) is 29.5 Å². The van der Waals surface area contributed by atoms with Gasteiger partial charge in [0.15, 0.2) is 0 Å². The second-order valence-electron chi connectivity index (χ2n) is 3.66. The number of hydrogen-bond donors (Lipinski definition) is 2. The number of phenols is 1. The lowest BCUT2D eigenvalue weighted by Gasteiger charge is -2.25. The van der Waals surface area contributed by atoms with Gasteiger partial charge in [0.1, 0.15) is 5.75 Å². The van der Waals surface area contributed by atoms with Crippen LogP contribution in [0.2, 0.25) is 0 Å². The molecule has 1 aromatic rings. The van der Waals surface area contributed by atoms with Crippen LogP contribution in [0.15, 0.2) is 24.3 Å². The third-order valence-electron chi connectivity index (χ3n) is 2.32. The van der Waals surface area contributed by atoms with E-state index in [-0.39, 0.29) is 12.4 Å². The van der Waals surface area contributed by atoms with Gasteiger partial charge in [-0.2, -0.15) is 0 Å². The van der Waals surface area contributed by atoms with Crippen molar-refractivity contribution >= 4 is 0 Å². The summed E-state index contributed by atoms with van der Waals surface area (Å²) < 4.78 is 5.20. The molecule has 0 heterocycles. The maximum Gasteiger partial charge on any atom is 0.115 e. The molecule has 0 spiro atoms. The predicted octanol–water partition coefficient (Wildman–Crippen LogP) is 1.33. The molecule has 1 unspecified atom stereocenters. The molecular formula is C11H16O3. The van der Waals surface area contributed by atoms with Crippen LogP contribution in [0.4, 0.5) is 0 Å². The van der Waals surface area contributed by atoms with Crippen molar-refractivity contribution in [2.75, 3.05) is 13.7 Å². The summed E-state index contributed by atoms with van der Waals surface area (Å²) in [7, 11) is 1.57. The third kappa shape index (κ3) is 2.72. The van der Waals surface area contributed by atoms with Crippen LogP contribution >= 0.6 is 0 Å². The van der Waals surface area contributed by atoms with E-state index in [0.29, 0.717) is 6.42 Å². The van der Waals surface area contributed by atoms with Crippen molar-refractivity contribution in [3.8, 4) is 5.75 Å². The average Bonchev–Trinajstić information content (AvgIpc) is 2.18. The summed E-state index contributed by atoms with van der Waals surface area (Å²) in [5.41, 5.74) is 0.372. The van der Waals surface area contributed by atoms with Crippen molar-refractivity contribution in [1.29, 1.82) is 0 Å². The number of phenolic OH excluding ortho intramolecular Hbond substituents is 1. The van der Waals surface area contributed by atoms with Gasteiger partial charge in [-0.3, -0.25) is 0 Å². The van der Waals surface area contributed by atoms with E-state index in [4.69, 9.17) is 9.84 Å². The molecule has 1 aromatic carbocycles. The first kappa shape index (κ1) is 11.0. The highest BCUT2D eigenvalue weighted by Crippen LogP contribution is 2.19. The zero-order chi connectivity index (χ0) is 10.6. The van der Waals surface area contributed by atoms with Crippen LogP contribution in [0.1, 0.15) is 12.5 Å². The number of aromatic hydroxyl groups is 1. The quantitative estimate of drug-likeness (QED) is 0.763. The molecule has 3 nitrogen and oxygen atoms in total. The monoisotopic (exact) mass is 196 g/mol. The molecule has 0 aromatic heterocycles. The van der Waals surface area contributed by atoms with E-state index in [2.05, 4.69) is 0 Å². The maximum absolute atomic E-state index is 9.25. The van der Waals surface area contributed by atoms with E-state index in [1.807, 2.05) is 13.0 Å². The van der Waals surface area contributed by atoms with Crippen molar-refractivity contribution in [3.05, 3.63) is 29.8 Å².